The number of anilines is 1. The van der Waals surface area contributed by atoms with Crippen LogP contribution in [0.3, 0.4) is 0 Å². The van der Waals surface area contributed by atoms with E-state index in [0.717, 1.165) is 36.6 Å². The highest BCUT2D eigenvalue weighted by atomic mass is 16.1. The molecule has 0 bridgehead atoms. The van der Waals surface area contributed by atoms with E-state index in [9.17, 15) is 4.79 Å². The fourth-order valence-electron chi connectivity index (χ4n) is 3.17. The van der Waals surface area contributed by atoms with Crippen molar-refractivity contribution in [1.82, 2.24) is 15.5 Å². The molecule has 0 spiro atoms. The van der Waals surface area contributed by atoms with Crippen LogP contribution in [0.15, 0.2) is 36.4 Å². The summed E-state index contributed by atoms with van der Waals surface area (Å²) in [6.45, 7) is 7.11. The Morgan fingerprint density at radius 2 is 1.92 bits per heavy atom. The minimum Gasteiger partial charge on any atom is -0.355 e. The van der Waals surface area contributed by atoms with Gasteiger partial charge in [0.05, 0.1) is 5.69 Å². The maximum absolute atomic E-state index is 12.3. The Hall–Kier alpha value is -2.43. The molecule has 1 N–H and O–H groups in total. The highest BCUT2D eigenvalue weighted by Crippen LogP contribution is 2.21. The molecular weight excluding hydrogens is 324 g/mol. The molecule has 3 rings (SSSR count). The first-order chi connectivity index (χ1) is 12.6. The quantitative estimate of drug-likeness (QED) is 0.856. The standard InChI is InChI=1S/C21H28N4O/c1-16(2)11-12-22-21(26)18-8-6-7-17(15-18)19-9-10-20(24-23-19)25-13-4-3-5-14-25/h6-10,15-16H,3-5,11-14H2,1-2H3,(H,22,26). The molecule has 26 heavy (non-hydrogen) atoms. The number of nitrogens with zero attached hydrogens (tertiary/aromatic N) is 3. The van der Waals surface area contributed by atoms with Crippen LogP contribution in [0.4, 0.5) is 5.82 Å². The smallest absolute Gasteiger partial charge is 0.251 e. The van der Waals surface area contributed by atoms with E-state index in [1.807, 2.05) is 36.4 Å². The van der Waals surface area contributed by atoms with E-state index in [2.05, 4.69) is 34.3 Å². The summed E-state index contributed by atoms with van der Waals surface area (Å²) in [6, 6.07) is 11.6. The molecule has 1 saturated heterocycles. The molecule has 0 atom stereocenters. The van der Waals surface area contributed by atoms with Crippen molar-refractivity contribution in [2.24, 2.45) is 5.92 Å². The van der Waals surface area contributed by atoms with E-state index in [1.54, 1.807) is 0 Å². The summed E-state index contributed by atoms with van der Waals surface area (Å²) in [7, 11) is 0. The second-order valence-corrected chi connectivity index (χ2v) is 7.34. The molecule has 1 aliphatic rings. The van der Waals surface area contributed by atoms with Gasteiger partial charge >= 0.3 is 0 Å². The molecule has 1 aliphatic heterocycles. The average molecular weight is 352 g/mol. The van der Waals surface area contributed by atoms with Gasteiger partial charge in [0.2, 0.25) is 0 Å². The number of hydrogen-bond acceptors (Lipinski definition) is 4. The maximum Gasteiger partial charge on any atom is 0.251 e. The molecule has 2 aromatic rings. The third kappa shape index (κ3) is 4.81. The fourth-order valence-corrected chi connectivity index (χ4v) is 3.17. The lowest BCUT2D eigenvalue weighted by molar-refractivity contribution is 0.0952. The largest absolute Gasteiger partial charge is 0.355 e. The van der Waals surface area contributed by atoms with Crippen LogP contribution in [-0.4, -0.2) is 35.7 Å². The van der Waals surface area contributed by atoms with Crippen molar-refractivity contribution in [3.05, 3.63) is 42.0 Å². The molecule has 5 heteroatoms. The predicted molar refractivity (Wildman–Crippen MR) is 105 cm³/mol. The zero-order valence-electron chi connectivity index (χ0n) is 15.7. The van der Waals surface area contributed by atoms with Crippen molar-refractivity contribution in [1.29, 1.82) is 0 Å². The second-order valence-electron chi connectivity index (χ2n) is 7.34. The zero-order valence-corrected chi connectivity index (χ0v) is 15.7. The second kappa shape index (κ2) is 8.79. The van der Waals surface area contributed by atoms with Crippen molar-refractivity contribution in [3.63, 3.8) is 0 Å². The molecule has 0 radical (unpaired) electrons. The molecule has 1 fully saturated rings. The van der Waals surface area contributed by atoms with E-state index in [1.165, 1.54) is 19.3 Å². The number of carbonyl (C=O) groups is 1. The van der Waals surface area contributed by atoms with Gasteiger partial charge in [-0.05, 0) is 55.9 Å². The first-order valence-corrected chi connectivity index (χ1v) is 9.61. The van der Waals surface area contributed by atoms with E-state index in [0.29, 0.717) is 18.0 Å². The molecule has 1 aromatic carbocycles. The van der Waals surface area contributed by atoms with Crippen LogP contribution in [0.2, 0.25) is 0 Å². The average Bonchev–Trinajstić information content (AvgIpc) is 2.68. The minimum atomic E-state index is -0.0367. The molecule has 2 heterocycles. The lowest BCUT2D eigenvalue weighted by Gasteiger charge is -2.27. The van der Waals surface area contributed by atoms with Gasteiger partial charge in [-0.15, -0.1) is 10.2 Å². The Balaban J connectivity index is 1.68. The van der Waals surface area contributed by atoms with Gasteiger partial charge < -0.3 is 10.2 Å². The molecule has 0 unspecified atom stereocenters. The molecule has 1 amide bonds. The van der Waals surface area contributed by atoms with Gasteiger partial charge in [-0.3, -0.25) is 4.79 Å². The van der Waals surface area contributed by atoms with Gasteiger partial charge in [-0.1, -0.05) is 26.0 Å². The van der Waals surface area contributed by atoms with Crippen molar-refractivity contribution in [2.45, 2.75) is 39.5 Å². The van der Waals surface area contributed by atoms with E-state index in [4.69, 9.17) is 0 Å². The molecule has 138 valence electrons. The topological polar surface area (TPSA) is 58.1 Å². The van der Waals surface area contributed by atoms with Crippen molar-refractivity contribution < 1.29 is 4.79 Å². The number of rotatable bonds is 6. The minimum absolute atomic E-state index is 0.0367. The summed E-state index contributed by atoms with van der Waals surface area (Å²) in [4.78, 5) is 14.6. The Labute approximate surface area is 155 Å². The fraction of sp³-hybridized carbons (Fsp3) is 0.476. The summed E-state index contributed by atoms with van der Waals surface area (Å²) in [5.74, 6) is 1.48. The van der Waals surface area contributed by atoms with Crippen LogP contribution in [0.5, 0.6) is 0 Å². The lowest BCUT2D eigenvalue weighted by Crippen LogP contribution is -2.30. The lowest BCUT2D eigenvalue weighted by atomic mass is 10.1. The summed E-state index contributed by atoms with van der Waals surface area (Å²) in [5.41, 5.74) is 2.37. The number of carbonyl (C=O) groups excluding carboxylic acids is 1. The van der Waals surface area contributed by atoms with Crippen molar-refractivity contribution in [3.8, 4) is 11.3 Å². The van der Waals surface area contributed by atoms with Gasteiger partial charge in [0, 0.05) is 30.8 Å². The van der Waals surface area contributed by atoms with Crippen molar-refractivity contribution >= 4 is 11.7 Å². The van der Waals surface area contributed by atoms with Crippen LogP contribution < -0.4 is 10.2 Å². The van der Waals surface area contributed by atoms with Gasteiger partial charge in [-0.2, -0.15) is 0 Å². The normalized spacial score (nSPS) is 14.5. The monoisotopic (exact) mass is 352 g/mol. The zero-order chi connectivity index (χ0) is 18.4. The van der Waals surface area contributed by atoms with Gasteiger partial charge in [0.15, 0.2) is 5.82 Å². The number of aromatic nitrogens is 2. The highest BCUT2D eigenvalue weighted by molar-refractivity contribution is 5.95. The third-order valence-corrected chi connectivity index (χ3v) is 4.76. The number of hydrogen-bond donors (Lipinski definition) is 1. The summed E-state index contributed by atoms with van der Waals surface area (Å²) in [6.07, 6.45) is 4.72. The Kier molecular flexibility index (Phi) is 6.21. The highest BCUT2D eigenvalue weighted by Gasteiger charge is 2.13. The van der Waals surface area contributed by atoms with Crippen LogP contribution in [0.25, 0.3) is 11.3 Å². The molecular formula is C21H28N4O. The van der Waals surface area contributed by atoms with Gasteiger partial charge in [-0.25, -0.2) is 0 Å². The number of amides is 1. The Morgan fingerprint density at radius 1 is 1.12 bits per heavy atom. The van der Waals surface area contributed by atoms with Crippen LogP contribution in [0, 0.1) is 5.92 Å². The van der Waals surface area contributed by atoms with Gasteiger partial charge in [0.1, 0.15) is 0 Å². The summed E-state index contributed by atoms with van der Waals surface area (Å²) in [5, 5.41) is 11.8. The number of benzene rings is 1. The van der Waals surface area contributed by atoms with Crippen molar-refractivity contribution in [2.75, 3.05) is 24.5 Å². The Bertz CT molecular complexity index is 721. The number of piperidine rings is 1. The summed E-state index contributed by atoms with van der Waals surface area (Å²) < 4.78 is 0. The predicted octanol–water partition coefficient (Wildman–Crippen LogP) is 3.91. The first kappa shape index (κ1) is 18.4. The molecule has 5 nitrogen and oxygen atoms in total. The number of nitrogens with one attached hydrogen (secondary N) is 1. The first-order valence-electron chi connectivity index (χ1n) is 9.61. The van der Waals surface area contributed by atoms with Crippen LogP contribution in [0.1, 0.15) is 49.9 Å². The van der Waals surface area contributed by atoms with E-state index in [-0.39, 0.29) is 5.91 Å². The molecule has 1 aromatic heterocycles. The Morgan fingerprint density at radius 3 is 2.62 bits per heavy atom. The molecule has 0 aliphatic carbocycles. The van der Waals surface area contributed by atoms with E-state index >= 15 is 0 Å². The van der Waals surface area contributed by atoms with E-state index < -0.39 is 0 Å². The molecule has 0 saturated carbocycles. The van der Waals surface area contributed by atoms with Gasteiger partial charge in [0.25, 0.3) is 5.91 Å². The van der Waals surface area contributed by atoms with Crippen LogP contribution >= 0.6 is 0 Å². The third-order valence-electron chi connectivity index (χ3n) is 4.76. The maximum atomic E-state index is 12.3. The SMILES string of the molecule is CC(C)CCNC(=O)c1cccc(-c2ccc(N3CCCCC3)nn2)c1. The van der Waals surface area contributed by atoms with Crippen LogP contribution in [-0.2, 0) is 0 Å². The summed E-state index contributed by atoms with van der Waals surface area (Å²) >= 11 is 0.